The third kappa shape index (κ3) is 3.89. The quantitative estimate of drug-likeness (QED) is 0.813. The molecule has 0 aliphatic carbocycles. The van der Waals surface area contributed by atoms with Crippen LogP contribution in [0.1, 0.15) is 23.8 Å². The van der Waals surface area contributed by atoms with Gasteiger partial charge in [0.1, 0.15) is 5.82 Å². The van der Waals surface area contributed by atoms with Crippen LogP contribution in [-0.4, -0.2) is 54.2 Å². The zero-order valence-electron chi connectivity index (χ0n) is 11.5. The van der Waals surface area contributed by atoms with Gasteiger partial charge in [-0.2, -0.15) is 0 Å². The second-order valence-corrected chi connectivity index (χ2v) is 4.96. The van der Waals surface area contributed by atoms with Crippen molar-refractivity contribution >= 4 is 11.7 Å². The summed E-state index contributed by atoms with van der Waals surface area (Å²) in [5, 5.41) is 13.8. The van der Waals surface area contributed by atoms with Crippen molar-refractivity contribution in [2.24, 2.45) is 5.92 Å². The van der Waals surface area contributed by atoms with Crippen molar-refractivity contribution in [3.8, 4) is 0 Å². The molecule has 1 saturated heterocycles. The molecule has 2 rings (SSSR count). The highest BCUT2D eigenvalue weighted by Crippen LogP contribution is 2.13. The number of nitrogens with one attached hydrogen (secondary N) is 2. The summed E-state index contributed by atoms with van der Waals surface area (Å²) in [6, 6.07) is 3.47. The Balaban J connectivity index is 1.82. The molecule has 1 aliphatic rings. The number of anilines is 1. The Morgan fingerprint density at radius 1 is 1.47 bits per heavy atom. The van der Waals surface area contributed by atoms with E-state index >= 15 is 0 Å². The van der Waals surface area contributed by atoms with Gasteiger partial charge in [0.15, 0.2) is 5.69 Å². The summed E-state index contributed by atoms with van der Waals surface area (Å²) in [6.07, 6.45) is 1.14. The van der Waals surface area contributed by atoms with Crippen LogP contribution in [0.5, 0.6) is 0 Å². The molecule has 0 spiro atoms. The number of amides is 1. The first-order valence-corrected chi connectivity index (χ1v) is 6.73. The molecular weight excluding hydrogens is 242 g/mol. The minimum absolute atomic E-state index is 0.148. The molecule has 2 heterocycles. The Morgan fingerprint density at radius 2 is 2.32 bits per heavy atom. The highest BCUT2D eigenvalue weighted by molar-refractivity contribution is 5.92. The second-order valence-electron chi connectivity index (χ2n) is 4.96. The van der Waals surface area contributed by atoms with Gasteiger partial charge in [-0.3, -0.25) is 4.79 Å². The molecule has 1 unspecified atom stereocenters. The van der Waals surface area contributed by atoms with Gasteiger partial charge in [0.2, 0.25) is 0 Å². The van der Waals surface area contributed by atoms with Crippen molar-refractivity contribution in [2.45, 2.75) is 13.3 Å². The SMILES string of the molecule is CCNc1ccc(C(=O)NCC2CCN(C)C2)nn1. The van der Waals surface area contributed by atoms with Crippen LogP contribution in [0.25, 0.3) is 0 Å². The van der Waals surface area contributed by atoms with Gasteiger partial charge in [-0.25, -0.2) is 0 Å². The van der Waals surface area contributed by atoms with Crippen molar-refractivity contribution < 1.29 is 4.79 Å². The van der Waals surface area contributed by atoms with E-state index in [0.717, 1.165) is 26.1 Å². The fourth-order valence-electron chi connectivity index (χ4n) is 2.25. The maximum Gasteiger partial charge on any atom is 0.271 e. The van der Waals surface area contributed by atoms with Crippen LogP contribution in [0.3, 0.4) is 0 Å². The highest BCUT2D eigenvalue weighted by Gasteiger charge is 2.20. The third-order valence-electron chi connectivity index (χ3n) is 3.30. The average Bonchev–Trinajstić information content (AvgIpc) is 2.83. The van der Waals surface area contributed by atoms with Crippen molar-refractivity contribution in [1.29, 1.82) is 0 Å². The summed E-state index contributed by atoms with van der Waals surface area (Å²) in [7, 11) is 2.10. The first kappa shape index (κ1) is 13.7. The van der Waals surface area contributed by atoms with Crippen molar-refractivity contribution in [3.05, 3.63) is 17.8 Å². The van der Waals surface area contributed by atoms with E-state index in [4.69, 9.17) is 0 Å². The Labute approximate surface area is 113 Å². The molecule has 6 nitrogen and oxygen atoms in total. The number of hydrogen-bond donors (Lipinski definition) is 2. The van der Waals surface area contributed by atoms with Crippen LogP contribution < -0.4 is 10.6 Å². The number of hydrogen-bond acceptors (Lipinski definition) is 5. The van der Waals surface area contributed by atoms with Gasteiger partial charge in [-0.1, -0.05) is 0 Å². The Hall–Kier alpha value is -1.69. The average molecular weight is 263 g/mol. The van der Waals surface area contributed by atoms with Crippen LogP contribution in [0.2, 0.25) is 0 Å². The molecule has 1 atom stereocenters. The molecular formula is C13H21N5O. The van der Waals surface area contributed by atoms with Gasteiger partial charge in [-0.15, -0.1) is 10.2 Å². The lowest BCUT2D eigenvalue weighted by Gasteiger charge is -2.11. The summed E-state index contributed by atoms with van der Waals surface area (Å²) in [6.45, 7) is 5.64. The Kier molecular flexibility index (Phi) is 4.68. The first-order valence-electron chi connectivity index (χ1n) is 6.73. The van der Waals surface area contributed by atoms with Crippen molar-refractivity contribution in [2.75, 3.05) is 38.5 Å². The molecule has 0 aromatic carbocycles. The lowest BCUT2D eigenvalue weighted by atomic mass is 10.1. The van der Waals surface area contributed by atoms with E-state index in [1.165, 1.54) is 0 Å². The van der Waals surface area contributed by atoms with E-state index in [2.05, 4.69) is 32.8 Å². The van der Waals surface area contributed by atoms with E-state index in [-0.39, 0.29) is 5.91 Å². The largest absolute Gasteiger partial charge is 0.369 e. The van der Waals surface area contributed by atoms with Crippen LogP contribution in [-0.2, 0) is 0 Å². The molecule has 19 heavy (non-hydrogen) atoms. The lowest BCUT2D eigenvalue weighted by Crippen LogP contribution is -2.31. The van der Waals surface area contributed by atoms with Crippen LogP contribution in [0, 0.1) is 5.92 Å². The van der Waals surface area contributed by atoms with Crippen molar-refractivity contribution in [1.82, 2.24) is 20.4 Å². The van der Waals surface area contributed by atoms with E-state index < -0.39 is 0 Å². The standard InChI is InChI=1S/C13H21N5O/c1-3-14-12-5-4-11(16-17-12)13(19)15-8-10-6-7-18(2)9-10/h4-5,10H,3,6-9H2,1-2H3,(H,14,17)(H,15,19). The van der Waals surface area contributed by atoms with Crippen LogP contribution in [0.15, 0.2) is 12.1 Å². The normalized spacial score (nSPS) is 19.4. The third-order valence-corrected chi connectivity index (χ3v) is 3.30. The molecule has 1 aliphatic heterocycles. The summed E-state index contributed by atoms with van der Waals surface area (Å²) in [4.78, 5) is 14.2. The number of likely N-dealkylation sites (tertiary alicyclic amines) is 1. The van der Waals surface area contributed by atoms with Crippen LogP contribution in [0.4, 0.5) is 5.82 Å². The monoisotopic (exact) mass is 263 g/mol. The summed E-state index contributed by atoms with van der Waals surface area (Å²) in [5.41, 5.74) is 0.369. The van der Waals surface area contributed by atoms with E-state index in [1.54, 1.807) is 12.1 Å². The molecule has 0 saturated carbocycles. The fraction of sp³-hybridized carbons (Fsp3) is 0.615. The van der Waals surface area contributed by atoms with Gasteiger partial charge < -0.3 is 15.5 Å². The van der Waals surface area contributed by atoms with Gasteiger partial charge in [-0.05, 0) is 45.0 Å². The molecule has 0 bridgehead atoms. The van der Waals surface area contributed by atoms with E-state index in [1.807, 2.05) is 6.92 Å². The van der Waals surface area contributed by atoms with Gasteiger partial charge >= 0.3 is 0 Å². The topological polar surface area (TPSA) is 70.2 Å². The van der Waals surface area contributed by atoms with Gasteiger partial charge in [0.25, 0.3) is 5.91 Å². The molecule has 0 radical (unpaired) electrons. The zero-order valence-corrected chi connectivity index (χ0v) is 11.5. The van der Waals surface area contributed by atoms with Crippen LogP contribution >= 0.6 is 0 Å². The summed E-state index contributed by atoms with van der Waals surface area (Å²) >= 11 is 0. The maximum atomic E-state index is 11.9. The maximum absolute atomic E-state index is 11.9. The molecule has 1 fully saturated rings. The zero-order chi connectivity index (χ0) is 13.7. The number of aromatic nitrogens is 2. The van der Waals surface area contributed by atoms with E-state index in [0.29, 0.717) is 24.0 Å². The minimum Gasteiger partial charge on any atom is -0.369 e. The molecule has 6 heteroatoms. The smallest absolute Gasteiger partial charge is 0.271 e. The minimum atomic E-state index is -0.148. The molecule has 1 aromatic heterocycles. The molecule has 2 N–H and O–H groups in total. The predicted molar refractivity (Wildman–Crippen MR) is 74.1 cm³/mol. The molecule has 1 aromatic rings. The Morgan fingerprint density at radius 3 is 2.89 bits per heavy atom. The second kappa shape index (κ2) is 6.47. The number of carbonyl (C=O) groups is 1. The predicted octanol–water partition coefficient (Wildman–Crippen LogP) is 0.590. The number of nitrogens with zero attached hydrogens (tertiary/aromatic N) is 3. The van der Waals surface area contributed by atoms with Gasteiger partial charge in [0.05, 0.1) is 0 Å². The highest BCUT2D eigenvalue weighted by atomic mass is 16.1. The number of carbonyl (C=O) groups excluding carboxylic acids is 1. The van der Waals surface area contributed by atoms with E-state index in [9.17, 15) is 4.79 Å². The first-order chi connectivity index (χ1) is 9.19. The van der Waals surface area contributed by atoms with Gasteiger partial charge in [0, 0.05) is 19.6 Å². The summed E-state index contributed by atoms with van der Waals surface area (Å²) in [5.74, 6) is 1.09. The Bertz CT molecular complexity index is 420. The molecule has 104 valence electrons. The fourth-order valence-corrected chi connectivity index (χ4v) is 2.25. The van der Waals surface area contributed by atoms with Crippen molar-refractivity contribution in [3.63, 3.8) is 0 Å². The molecule has 1 amide bonds. The lowest BCUT2D eigenvalue weighted by molar-refractivity contribution is 0.0941. The summed E-state index contributed by atoms with van der Waals surface area (Å²) < 4.78 is 0. The number of rotatable bonds is 5.